The van der Waals surface area contributed by atoms with Crippen molar-refractivity contribution < 1.29 is 22.7 Å². The van der Waals surface area contributed by atoms with Crippen molar-refractivity contribution in [3.63, 3.8) is 0 Å². The summed E-state index contributed by atoms with van der Waals surface area (Å²) in [5, 5.41) is 0. The first-order chi connectivity index (χ1) is 13.3. The van der Waals surface area contributed by atoms with Crippen molar-refractivity contribution in [3.8, 4) is 16.9 Å². The third-order valence-electron chi connectivity index (χ3n) is 4.97. The third-order valence-corrected chi connectivity index (χ3v) is 4.97. The number of carbonyl (C=O) groups is 1. The van der Waals surface area contributed by atoms with Crippen LogP contribution in [0.5, 0.6) is 5.75 Å². The fraction of sp³-hybridized carbons (Fsp3) is 0.400. The van der Waals surface area contributed by atoms with Crippen LogP contribution in [-0.2, 0) is 6.18 Å². The number of carbonyl (C=O) groups excluding carboxylic acids is 1. The molecule has 0 radical (unpaired) electrons. The predicted molar refractivity (Wildman–Crippen MR) is 98.1 cm³/mol. The smallest absolute Gasteiger partial charge is 0.431 e. The van der Waals surface area contributed by atoms with Gasteiger partial charge in [0.15, 0.2) is 0 Å². The first-order valence-electron chi connectivity index (χ1n) is 9.13. The molecule has 0 spiro atoms. The summed E-state index contributed by atoms with van der Waals surface area (Å²) in [5.41, 5.74) is 2.04. The molecular formula is C20H21F3N2O3. The molecule has 28 heavy (non-hydrogen) atoms. The molecule has 5 nitrogen and oxygen atoms in total. The minimum Gasteiger partial charge on any atom is -0.493 e. The van der Waals surface area contributed by atoms with Crippen molar-refractivity contribution in [1.29, 1.82) is 0 Å². The highest BCUT2D eigenvalue weighted by Crippen LogP contribution is 2.36. The molecule has 0 bridgehead atoms. The summed E-state index contributed by atoms with van der Waals surface area (Å²) in [6, 6.07) is 6.95. The van der Waals surface area contributed by atoms with E-state index in [2.05, 4.69) is 0 Å². The van der Waals surface area contributed by atoms with Crippen LogP contribution in [-0.4, -0.2) is 17.5 Å². The summed E-state index contributed by atoms with van der Waals surface area (Å²) in [6.07, 6.45) is 1.10. The number of alkyl halides is 3. The Kier molecular flexibility index (Phi) is 5.76. The number of ether oxygens (including phenoxy) is 1. The average molecular weight is 394 g/mol. The van der Waals surface area contributed by atoms with Gasteiger partial charge in [-0.1, -0.05) is 31.4 Å². The largest absolute Gasteiger partial charge is 0.493 e. The summed E-state index contributed by atoms with van der Waals surface area (Å²) in [4.78, 5) is 24.8. The van der Waals surface area contributed by atoms with Crippen molar-refractivity contribution in [2.24, 2.45) is 11.7 Å². The van der Waals surface area contributed by atoms with E-state index >= 15 is 0 Å². The molecule has 1 amide bonds. The number of halogens is 3. The van der Waals surface area contributed by atoms with Crippen LogP contribution in [0.3, 0.4) is 0 Å². The first-order valence-corrected chi connectivity index (χ1v) is 9.13. The average Bonchev–Trinajstić information content (AvgIpc) is 2.66. The van der Waals surface area contributed by atoms with Crippen LogP contribution >= 0.6 is 0 Å². The van der Waals surface area contributed by atoms with E-state index in [0.717, 1.165) is 18.9 Å². The number of H-pyrrole nitrogens is 1. The van der Waals surface area contributed by atoms with Gasteiger partial charge in [-0.2, -0.15) is 13.2 Å². The van der Waals surface area contributed by atoms with Crippen LogP contribution in [0.4, 0.5) is 13.2 Å². The number of nitrogens with two attached hydrogens (primary N) is 1. The Morgan fingerprint density at radius 1 is 1.14 bits per heavy atom. The zero-order valence-electron chi connectivity index (χ0n) is 15.1. The van der Waals surface area contributed by atoms with Gasteiger partial charge in [0.2, 0.25) is 0 Å². The van der Waals surface area contributed by atoms with E-state index in [0.29, 0.717) is 18.3 Å². The van der Waals surface area contributed by atoms with E-state index in [9.17, 15) is 22.8 Å². The molecule has 1 aliphatic carbocycles. The second kappa shape index (κ2) is 8.08. The molecule has 2 aromatic rings. The molecule has 3 N–H and O–H groups in total. The fourth-order valence-corrected chi connectivity index (χ4v) is 3.46. The predicted octanol–water partition coefficient (Wildman–Crippen LogP) is 4.12. The molecule has 1 heterocycles. The van der Waals surface area contributed by atoms with Gasteiger partial charge < -0.3 is 15.5 Å². The quantitative estimate of drug-likeness (QED) is 0.800. The Bertz CT molecular complexity index is 898. The van der Waals surface area contributed by atoms with E-state index in [4.69, 9.17) is 10.5 Å². The second-order valence-corrected chi connectivity index (χ2v) is 7.00. The Labute approximate surface area is 159 Å². The standard InChI is InChI=1S/C20H21F3N2O3/c21-20(22,23)17-15(10-16(18(24)26)19(27)25-17)13-6-8-14(9-7-13)28-11-12-4-2-1-3-5-12/h6-10,12H,1-5,11H2,(H2,24,26)(H,25,27). The zero-order chi connectivity index (χ0) is 20.3. The topological polar surface area (TPSA) is 85.2 Å². The number of amides is 1. The van der Waals surface area contributed by atoms with Crippen LogP contribution < -0.4 is 16.0 Å². The van der Waals surface area contributed by atoms with E-state index in [-0.39, 0.29) is 11.1 Å². The van der Waals surface area contributed by atoms with Crippen molar-refractivity contribution in [2.45, 2.75) is 38.3 Å². The van der Waals surface area contributed by atoms with Crippen LogP contribution in [0.15, 0.2) is 35.1 Å². The fourth-order valence-electron chi connectivity index (χ4n) is 3.46. The molecule has 8 heteroatoms. The molecule has 1 aromatic carbocycles. The minimum atomic E-state index is -4.79. The number of nitrogens with one attached hydrogen (secondary N) is 1. The van der Waals surface area contributed by atoms with Gasteiger partial charge in [-0.3, -0.25) is 9.59 Å². The van der Waals surface area contributed by atoms with E-state index in [1.54, 1.807) is 17.1 Å². The van der Waals surface area contributed by atoms with Crippen LogP contribution in [0, 0.1) is 5.92 Å². The maximum atomic E-state index is 13.3. The Hall–Kier alpha value is -2.77. The molecule has 0 atom stereocenters. The van der Waals surface area contributed by atoms with E-state index in [1.165, 1.54) is 31.4 Å². The Morgan fingerprint density at radius 2 is 1.79 bits per heavy atom. The van der Waals surface area contributed by atoms with Gasteiger partial charge in [-0.25, -0.2) is 0 Å². The lowest BCUT2D eigenvalue weighted by molar-refractivity contribution is -0.140. The van der Waals surface area contributed by atoms with Gasteiger partial charge >= 0.3 is 6.18 Å². The van der Waals surface area contributed by atoms with E-state index in [1.807, 2.05) is 0 Å². The molecule has 150 valence electrons. The molecule has 0 saturated heterocycles. The minimum absolute atomic E-state index is 0.191. The van der Waals surface area contributed by atoms with E-state index < -0.39 is 28.9 Å². The summed E-state index contributed by atoms with van der Waals surface area (Å²) >= 11 is 0. The highest BCUT2D eigenvalue weighted by Gasteiger charge is 2.36. The Balaban J connectivity index is 1.86. The lowest BCUT2D eigenvalue weighted by Gasteiger charge is -2.21. The van der Waals surface area contributed by atoms with Gasteiger partial charge in [-0.15, -0.1) is 0 Å². The van der Waals surface area contributed by atoms with Gasteiger partial charge in [0.25, 0.3) is 11.5 Å². The lowest BCUT2D eigenvalue weighted by atomic mass is 9.90. The summed E-state index contributed by atoms with van der Waals surface area (Å²) in [7, 11) is 0. The normalized spacial score (nSPS) is 15.4. The monoisotopic (exact) mass is 394 g/mol. The van der Waals surface area contributed by atoms with Gasteiger partial charge in [0.05, 0.1) is 6.61 Å². The molecular weight excluding hydrogens is 373 g/mol. The van der Waals surface area contributed by atoms with Gasteiger partial charge in [0.1, 0.15) is 17.0 Å². The Morgan fingerprint density at radius 3 is 2.36 bits per heavy atom. The third kappa shape index (κ3) is 4.55. The first kappa shape index (κ1) is 20.0. The number of hydrogen-bond acceptors (Lipinski definition) is 3. The van der Waals surface area contributed by atoms with Crippen LogP contribution in [0.25, 0.3) is 11.1 Å². The van der Waals surface area contributed by atoms with Gasteiger partial charge in [0, 0.05) is 5.56 Å². The SMILES string of the molecule is NC(=O)c1cc(-c2ccc(OCC3CCCCC3)cc2)c(C(F)(F)F)[nH]c1=O. The molecule has 1 aromatic heterocycles. The van der Waals surface area contributed by atoms with Crippen molar-refractivity contribution in [1.82, 2.24) is 4.98 Å². The number of benzene rings is 1. The number of rotatable bonds is 5. The number of hydrogen-bond donors (Lipinski definition) is 2. The maximum absolute atomic E-state index is 13.3. The maximum Gasteiger partial charge on any atom is 0.431 e. The number of primary amides is 1. The summed E-state index contributed by atoms with van der Waals surface area (Å²) < 4.78 is 45.8. The summed E-state index contributed by atoms with van der Waals surface area (Å²) in [6.45, 7) is 0.581. The number of aromatic nitrogens is 1. The molecule has 3 rings (SSSR count). The highest BCUT2D eigenvalue weighted by atomic mass is 19.4. The van der Waals surface area contributed by atoms with Crippen molar-refractivity contribution in [2.75, 3.05) is 6.61 Å². The highest BCUT2D eigenvalue weighted by molar-refractivity contribution is 5.93. The van der Waals surface area contributed by atoms with Gasteiger partial charge in [-0.05, 0) is 42.5 Å². The molecule has 1 saturated carbocycles. The van der Waals surface area contributed by atoms with Crippen LogP contribution in [0.2, 0.25) is 0 Å². The summed E-state index contributed by atoms with van der Waals surface area (Å²) in [5.74, 6) is -0.0336. The molecule has 1 fully saturated rings. The molecule has 0 aliphatic heterocycles. The van der Waals surface area contributed by atoms with Crippen molar-refractivity contribution in [3.05, 3.63) is 51.9 Å². The zero-order valence-corrected chi connectivity index (χ0v) is 15.1. The van der Waals surface area contributed by atoms with Crippen LogP contribution in [0.1, 0.15) is 48.2 Å². The van der Waals surface area contributed by atoms with Crippen molar-refractivity contribution >= 4 is 5.91 Å². The number of pyridine rings is 1. The lowest BCUT2D eigenvalue weighted by Crippen LogP contribution is -2.27. The number of aromatic amines is 1. The molecule has 0 unspecified atom stereocenters. The molecule has 1 aliphatic rings. The second-order valence-electron chi connectivity index (χ2n) is 7.00.